The summed E-state index contributed by atoms with van der Waals surface area (Å²) in [6.07, 6.45) is 3.16. The molecular formula is C13H11BrFN5. The normalized spacial score (nSPS) is 10.9. The number of anilines is 1. The Kier molecular flexibility index (Phi) is 3.35. The zero-order valence-corrected chi connectivity index (χ0v) is 12.2. The molecule has 0 saturated heterocycles. The highest BCUT2D eigenvalue weighted by atomic mass is 79.9. The van der Waals surface area contributed by atoms with Crippen molar-refractivity contribution >= 4 is 32.9 Å². The third-order valence-corrected chi connectivity index (χ3v) is 3.72. The van der Waals surface area contributed by atoms with Crippen molar-refractivity contribution in [1.82, 2.24) is 19.5 Å². The van der Waals surface area contributed by atoms with Crippen LogP contribution in [0.15, 0.2) is 35.3 Å². The number of benzene rings is 1. The molecule has 3 aromatic rings. The summed E-state index contributed by atoms with van der Waals surface area (Å²) in [5, 5.41) is 3.16. The maximum absolute atomic E-state index is 13.2. The molecule has 0 atom stereocenters. The van der Waals surface area contributed by atoms with Crippen LogP contribution in [0.3, 0.4) is 0 Å². The first-order valence-electron chi connectivity index (χ1n) is 5.95. The smallest absolute Gasteiger partial charge is 0.165 e. The maximum atomic E-state index is 13.2. The summed E-state index contributed by atoms with van der Waals surface area (Å²) in [5.41, 5.74) is 2.26. The van der Waals surface area contributed by atoms with Gasteiger partial charge >= 0.3 is 0 Å². The summed E-state index contributed by atoms with van der Waals surface area (Å²) in [6, 6.07) is 4.58. The Morgan fingerprint density at radius 3 is 3.00 bits per heavy atom. The van der Waals surface area contributed by atoms with Gasteiger partial charge in [0.05, 0.1) is 6.33 Å². The number of aromatic nitrogens is 4. The number of imidazole rings is 1. The highest BCUT2D eigenvalue weighted by Crippen LogP contribution is 2.21. The van der Waals surface area contributed by atoms with Crippen LogP contribution in [0, 0.1) is 5.82 Å². The van der Waals surface area contributed by atoms with E-state index in [1.54, 1.807) is 12.4 Å². The van der Waals surface area contributed by atoms with Crippen molar-refractivity contribution in [3.8, 4) is 0 Å². The van der Waals surface area contributed by atoms with E-state index in [4.69, 9.17) is 0 Å². The number of halogens is 2. The van der Waals surface area contributed by atoms with E-state index >= 15 is 0 Å². The monoisotopic (exact) mass is 335 g/mol. The summed E-state index contributed by atoms with van der Waals surface area (Å²) in [7, 11) is 1.87. The van der Waals surface area contributed by atoms with Gasteiger partial charge < -0.3 is 9.88 Å². The molecular weight excluding hydrogens is 325 g/mol. The van der Waals surface area contributed by atoms with Crippen LogP contribution in [0.5, 0.6) is 0 Å². The highest BCUT2D eigenvalue weighted by Gasteiger charge is 2.09. The zero-order chi connectivity index (χ0) is 14.1. The molecule has 1 N–H and O–H groups in total. The van der Waals surface area contributed by atoms with Crippen LogP contribution in [0.1, 0.15) is 5.56 Å². The van der Waals surface area contributed by atoms with Gasteiger partial charge in [-0.1, -0.05) is 15.9 Å². The second-order valence-corrected chi connectivity index (χ2v) is 5.19. The van der Waals surface area contributed by atoms with Gasteiger partial charge in [0.1, 0.15) is 17.7 Å². The summed E-state index contributed by atoms with van der Waals surface area (Å²) < 4.78 is 15.9. The molecule has 2 heterocycles. The van der Waals surface area contributed by atoms with E-state index in [1.807, 2.05) is 11.6 Å². The van der Waals surface area contributed by atoms with Gasteiger partial charge in [-0.2, -0.15) is 0 Å². The fourth-order valence-electron chi connectivity index (χ4n) is 1.93. The van der Waals surface area contributed by atoms with Gasteiger partial charge in [0.25, 0.3) is 0 Å². The lowest BCUT2D eigenvalue weighted by Gasteiger charge is -2.08. The Labute approximate surface area is 123 Å². The Morgan fingerprint density at radius 2 is 2.15 bits per heavy atom. The molecule has 20 heavy (non-hydrogen) atoms. The SMILES string of the molecule is Cn1cnc2c(NCc3cc(F)ccc3Br)ncnc21. The minimum Gasteiger partial charge on any atom is -0.364 e. The minimum absolute atomic E-state index is 0.268. The lowest BCUT2D eigenvalue weighted by molar-refractivity contribution is 0.625. The van der Waals surface area contributed by atoms with Crippen LogP contribution in [0.2, 0.25) is 0 Å². The second kappa shape index (κ2) is 5.16. The molecule has 1 aromatic carbocycles. The summed E-state index contributed by atoms with van der Waals surface area (Å²) in [6.45, 7) is 0.445. The number of fused-ring (bicyclic) bond motifs is 1. The minimum atomic E-state index is -0.268. The molecule has 5 nitrogen and oxygen atoms in total. The van der Waals surface area contributed by atoms with Crippen molar-refractivity contribution < 1.29 is 4.39 Å². The lowest BCUT2D eigenvalue weighted by Crippen LogP contribution is -2.04. The average molecular weight is 336 g/mol. The average Bonchev–Trinajstić information content (AvgIpc) is 2.82. The Hall–Kier alpha value is -2.02. The number of hydrogen-bond acceptors (Lipinski definition) is 4. The molecule has 0 aliphatic carbocycles. The topological polar surface area (TPSA) is 55.6 Å². The first-order chi connectivity index (χ1) is 9.65. The van der Waals surface area contributed by atoms with Gasteiger partial charge in [-0.05, 0) is 23.8 Å². The van der Waals surface area contributed by atoms with Crippen molar-refractivity contribution in [2.75, 3.05) is 5.32 Å². The molecule has 7 heteroatoms. The number of nitrogens with zero attached hydrogens (tertiary/aromatic N) is 4. The van der Waals surface area contributed by atoms with Gasteiger partial charge in [-0.25, -0.2) is 19.3 Å². The van der Waals surface area contributed by atoms with Crippen molar-refractivity contribution in [1.29, 1.82) is 0 Å². The number of hydrogen-bond donors (Lipinski definition) is 1. The van der Waals surface area contributed by atoms with Gasteiger partial charge in [0, 0.05) is 18.1 Å². The quantitative estimate of drug-likeness (QED) is 0.799. The third kappa shape index (κ3) is 2.36. The fraction of sp³-hybridized carbons (Fsp3) is 0.154. The molecule has 0 fully saturated rings. The van der Waals surface area contributed by atoms with Gasteiger partial charge in [0.2, 0.25) is 0 Å². The maximum Gasteiger partial charge on any atom is 0.165 e. The van der Waals surface area contributed by atoms with Crippen LogP contribution in [-0.2, 0) is 13.6 Å². The standard InChI is InChI=1S/C13H11BrFN5/c1-20-7-19-11-12(17-6-18-13(11)20)16-5-8-4-9(15)2-3-10(8)14/h2-4,6-7H,5H2,1H3,(H,16,17,18). The fourth-order valence-corrected chi connectivity index (χ4v) is 2.32. The van der Waals surface area contributed by atoms with Crippen molar-refractivity contribution in [2.24, 2.45) is 7.05 Å². The second-order valence-electron chi connectivity index (χ2n) is 4.34. The predicted octanol–water partition coefficient (Wildman–Crippen LogP) is 2.88. The van der Waals surface area contributed by atoms with Crippen LogP contribution in [-0.4, -0.2) is 19.5 Å². The van der Waals surface area contributed by atoms with E-state index in [0.29, 0.717) is 17.9 Å². The largest absolute Gasteiger partial charge is 0.364 e. The molecule has 0 spiro atoms. The molecule has 0 amide bonds. The zero-order valence-electron chi connectivity index (χ0n) is 10.6. The van der Waals surface area contributed by atoms with E-state index in [0.717, 1.165) is 15.7 Å². The summed E-state index contributed by atoms with van der Waals surface area (Å²) in [4.78, 5) is 12.6. The number of rotatable bonds is 3. The summed E-state index contributed by atoms with van der Waals surface area (Å²) >= 11 is 3.40. The highest BCUT2D eigenvalue weighted by molar-refractivity contribution is 9.10. The Balaban J connectivity index is 1.88. The van der Waals surface area contributed by atoms with Crippen LogP contribution >= 0.6 is 15.9 Å². The first-order valence-corrected chi connectivity index (χ1v) is 6.74. The van der Waals surface area contributed by atoms with Gasteiger partial charge in [-0.15, -0.1) is 0 Å². The van der Waals surface area contributed by atoms with E-state index in [2.05, 4.69) is 36.2 Å². The number of nitrogens with one attached hydrogen (secondary N) is 1. The van der Waals surface area contributed by atoms with Gasteiger partial charge in [0.15, 0.2) is 11.5 Å². The van der Waals surface area contributed by atoms with Crippen molar-refractivity contribution in [3.63, 3.8) is 0 Å². The molecule has 3 rings (SSSR count). The summed E-state index contributed by atoms with van der Waals surface area (Å²) in [5.74, 6) is 0.363. The molecule has 2 aromatic heterocycles. The third-order valence-electron chi connectivity index (χ3n) is 2.95. The predicted molar refractivity (Wildman–Crippen MR) is 77.7 cm³/mol. The van der Waals surface area contributed by atoms with Crippen LogP contribution < -0.4 is 5.32 Å². The Bertz CT molecular complexity index is 771. The molecule has 0 aliphatic rings. The van der Waals surface area contributed by atoms with E-state index in [-0.39, 0.29) is 5.82 Å². The molecule has 0 saturated carbocycles. The van der Waals surface area contributed by atoms with Crippen molar-refractivity contribution in [2.45, 2.75) is 6.54 Å². The molecule has 0 radical (unpaired) electrons. The van der Waals surface area contributed by atoms with E-state index < -0.39 is 0 Å². The first kappa shape index (κ1) is 13.0. The molecule has 0 bridgehead atoms. The van der Waals surface area contributed by atoms with Crippen LogP contribution in [0.4, 0.5) is 10.2 Å². The Morgan fingerprint density at radius 1 is 1.30 bits per heavy atom. The lowest BCUT2D eigenvalue weighted by atomic mass is 10.2. The number of aryl methyl sites for hydroxylation is 1. The molecule has 0 aliphatic heterocycles. The van der Waals surface area contributed by atoms with Crippen LogP contribution in [0.25, 0.3) is 11.2 Å². The van der Waals surface area contributed by atoms with Crippen molar-refractivity contribution in [3.05, 3.63) is 46.7 Å². The van der Waals surface area contributed by atoms with Gasteiger partial charge in [-0.3, -0.25) is 0 Å². The van der Waals surface area contributed by atoms with E-state index in [9.17, 15) is 4.39 Å². The molecule has 0 unspecified atom stereocenters. The molecule has 102 valence electrons. The van der Waals surface area contributed by atoms with E-state index in [1.165, 1.54) is 18.5 Å².